The van der Waals surface area contributed by atoms with E-state index in [1.807, 2.05) is 68.1 Å². The summed E-state index contributed by atoms with van der Waals surface area (Å²) in [6, 6.07) is 37.1. The number of nitrogens with zero attached hydrogens (tertiary/aromatic N) is 4. The predicted octanol–water partition coefficient (Wildman–Crippen LogP) is 7.46. The van der Waals surface area contributed by atoms with Crippen molar-refractivity contribution < 1.29 is 28.7 Å². The number of hydrogen-bond acceptors (Lipinski definition) is 6. The molecular weight excluding hydrogens is 777 g/mol. The molecule has 10 heteroatoms. The van der Waals surface area contributed by atoms with Gasteiger partial charge in [0.2, 0.25) is 23.6 Å². The van der Waals surface area contributed by atoms with Gasteiger partial charge in [-0.05, 0) is 97.6 Å². The van der Waals surface area contributed by atoms with E-state index in [0.717, 1.165) is 77.3 Å². The molecule has 4 aromatic rings. The molecular formula is C52H60N4O6. The zero-order chi connectivity index (χ0) is 42.4. The number of piperazine rings is 2. The lowest BCUT2D eigenvalue weighted by atomic mass is 9.85. The van der Waals surface area contributed by atoms with Gasteiger partial charge < -0.3 is 29.1 Å². The Bertz CT molecular complexity index is 2030. The number of ether oxygens (including phenoxy) is 2. The fourth-order valence-electron chi connectivity index (χ4n) is 10.7. The summed E-state index contributed by atoms with van der Waals surface area (Å²) in [6.07, 6.45) is 9.23. The summed E-state index contributed by atoms with van der Waals surface area (Å²) in [6.45, 7) is 4.45. The summed E-state index contributed by atoms with van der Waals surface area (Å²) in [4.78, 5) is 59.8. The standard InChI is InChI=1S/2C26H30N2O3/c2*29-25-17-27(16-24-23-9-5-4-8-20(23)14-15-28(24)25)26(30)21-10-12-22(13-11-21)31-18-19-6-2-1-3-7-19/h2*1-9,21-22,24H,10-18H2/t2*21?,22?,24-/m11/s1. The first kappa shape index (κ1) is 42.0. The predicted molar refractivity (Wildman–Crippen MR) is 236 cm³/mol. The Morgan fingerprint density at radius 2 is 0.855 bits per heavy atom. The Labute approximate surface area is 366 Å². The number of hydrogen-bond donors (Lipinski definition) is 0. The van der Waals surface area contributed by atoms with Crippen molar-refractivity contribution >= 4 is 23.6 Å². The van der Waals surface area contributed by atoms with Crippen LogP contribution >= 0.6 is 0 Å². The molecule has 0 aromatic heterocycles. The zero-order valence-electron chi connectivity index (χ0n) is 35.8. The highest BCUT2D eigenvalue weighted by Gasteiger charge is 2.42. The van der Waals surface area contributed by atoms with Crippen LogP contribution in [0.15, 0.2) is 109 Å². The van der Waals surface area contributed by atoms with Gasteiger partial charge in [0.05, 0.1) is 50.6 Å². The van der Waals surface area contributed by atoms with Gasteiger partial charge in [-0.1, -0.05) is 109 Å². The average molecular weight is 837 g/mol. The van der Waals surface area contributed by atoms with E-state index in [0.29, 0.717) is 26.3 Å². The molecule has 0 spiro atoms. The van der Waals surface area contributed by atoms with Crippen molar-refractivity contribution in [2.24, 2.45) is 11.8 Å². The molecule has 0 unspecified atom stereocenters. The zero-order valence-corrected chi connectivity index (χ0v) is 35.8. The van der Waals surface area contributed by atoms with Crippen LogP contribution in [-0.4, -0.2) is 94.7 Å². The maximum absolute atomic E-state index is 13.3. The van der Waals surface area contributed by atoms with E-state index in [9.17, 15) is 19.2 Å². The highest BCUT2D eigenvalue weighted by molar-refractivity contribution is 5.88. The molecule has 0 radical (unpaired) electrons. The monoisotopic (exact) mass is 836 g/mol. The highest BCUT2D eigenvalue weighted by Crippen LogP contribution is 2.37. The van der Waals surface area contributed by atoms with Gasteiger partial charge in [0, 0.05) is 38.0 Å². The maximum Gasteiger partial charge on any atom is 0.242 e. The minimum Gasteiger partial charge on any atom is -0.374 e. The molecule has 0 bridgehead atoms. The van der Waals surface area contributed by atoms with Crippen LogP contribution in [0.3, 0.4) is 0 Å². The van der Waals surface area contributed by atoms with Crippen LogP contribution in [-0.2, 0) is 54.7 Å². The van der Waals surface area contributed by atoms with Crippen LogP contribution in [0.2, 0.25) is 0 Å². The fourth-order valence-corrected chi connectivity index (χ4v) is 10.7. The smallest absolute Gasteiger partial charge is 0.242 e. The van der Waals surface area contributed by atoms with Gasteiger partial charge in [0.15, 0.2) is 0 Å². The van der Waals surface area contributed by atoms with Crippen molar-refractivity contribution in [2.45, 2.75) is 102 Å². The molecule has 4 amide bonds. The molecule has 62 heavy (non-hydrogen) atoms. The summed E-state index contributed by atoms with van der Waals surface area (Å²) < 4.78 is 12.2. The second-order valence-corrected chi connectivity index (χ2v) is 18.1. The molecule has 10 nitrogen and oxygen atoms in total. The number of benzene rings is 4. The first-order valence-electron chi connectivity index (χ1n) is 23.0. The molecule has 2 atom stereocenters. The summed E-state index contributed by atoms with van der Waals surface area (Å²) in [5.41, 5.74) is 7.40. The van der Waals surface area contributed by atoms with Crippen molar-refractivity contribution in [1.82, 2.24) is 19.6 Å². The van der Waals surface area contributed by atoms with Crippen LogP contribution in [0.5, 0.6) is 0 Å². The van der Waals surface area contributed by atoms with E-state index in [1.54, 1.807) is 0 Å². The quantitative estimate of drug-likeness (QED) is 0.183. The average Bonchev–Trinajstić information content (AvgIpc) is 3.33. The van der Waals surface area contributed by atoms with Crippen LogP contribution in [0, 0.1) is 11.8 Å². The van der Waals surface area contributed by atoms with Crippen LogP contribution in [0.4, 0.5) is 0 Å². The SMILES string of the molecule is O=C(C1CCC(OCc2ccccc2)CC1)N1CC(=O)N2CCc3ccccc3[C@H]2C1.O=C(C1CCC(OCc2ccccc2)CC1)N1CC(=O)N2CCc3ccccc3[C@H]2C1. The third-order valence-corrected chi connectivity index (χ3v) is 14.2. The molecule has 324 valence electrons. The number of fused-ring (bicyclic) bond motifs is 6. The summed E-state index contributed by atoms with van der Waals surface area (Å²) in [7, 11) is 0. The first-order chi connectivity index (χ1) is 30.4. The third-order valence-electron chi connectivity index (χ3n) is 14.2. The molecule has 2 saturated heterocycles. The largest absolute Gasteiger partial charge is 0.374 e. The molecule has 6 aliphatic rings. The lowest BCUT2D eigenvalue weighted by Gasteiger charge is -2.45. The van der Waals surface area contributed by atoms with Gasteiger partial charge in [-0.3, -0.25) is 19.2 Å². The Kier molecular flexibility index (Phi) is 13.1. The van der Waals surface area contributed by atoms with Crippen molar-refractivity contribution in [2.75, 3.05) is 39.3 Å². The Balaban J connectivity index is 0.000000158. The molecule has 4 fully saturated rings. The van der Waals surface area contributed by atoms with Crippen molar-refractivity contribution in [1.29, 1.82) is 0 Å². The third kappa shape index (κ3) is 9.52. The topological polar surface area (TPSA) is 99.7 Å². The molecule has 2 aliphatic carbocycles. The number of carbonyl (C=O) groups excluding carboxylic acids is 4. The second kappa shape index (κ2) is 19.4. The van der Waals surface area contributed by atoms with Crippen molar-refractivity contribution in [3.63, 3.8) is 0 Å². The Morgan fingerprint density at radius 3 is 1.26 bits per heavy atom. The number of carbonyl (C=O) groups is 4. The van der Waals surface area contributed by atoms with Crippen molar-refractivity contribution in [3.05, 3.63) is 143 Å². The Morgan fingerprint density at radius 1 is 0.484 bits per heavy atom. The van der Waals surface area contributed by atoms with Crippen LogP contribution < -0.4 is 0 Å². The number of rotatable bonds is 8. The minimum atomic E-state index is 0.000643. The van der Waals surface area contributed by atoms with E-state index in [2.05, 4.69) is 60.7 Å². The molecule has 4 heterocycles. The van der Waals surface area contributed by atoms with Crippen LogP contribution in [0.1, 0.15) is 96.8 Å². The van der Waals surface area contributed by atoms with Gasteiger partial charge in [-0.2, -0.15) is 0 Å². The lowest BCUT2D eigenvalue weighted by Crippen LogP contribution is -2.56. The van der Waals surface area contributed by atoms with Crippen molar-refractivity contribution in [3.8, 4) is 0 Å². The molecule has 4 aliphatic heterocycles. The van der Waals surface area contributed by atoms with Gasteiger partial charge in [-0.15, -0.1) is 0 Å². The Hall–Kier alpha value is -5.32. The summed E-state index contributed by atoms with van der Waals surface area (Å²) in [5.74, 6) is 0.484. The van der Waals surface area contributed by atoms with E-state index in [-0.39, 0.29) is 72.8 Å². The van der Waals surface area contributed by atoms with E-state index >= 15 is 0 Å². The number of amides is 4. The summed E-state index contributed by atoms with van der Waals surface area (Å²) >= 11 is 0. The van der Waals surface area contributed by atoms with E-state index in [1.165, 1.54) is 33.4 Å². The molecule has 2 saturated carbocycles. The highest BCUT2D eigenvalue weighted by atomic mass is 16.5. The molecule has 0 N–H and O–H groups in total. The normalized spacial score (nSPS) is 25.7. The van der Waals surface area contributed by atoms with E-state index < -0.39 is 0 Å². The molecule has 10 rings (SSSR count). The van der Waals surface area contributed by atoms with E-state index in [4.69, 9.17) is 9.47 Å². The van der Waals surface area contributed by atoms with Gasteiger partial charge >= 0.3 is 0 Å². The van der Waals surface area contributed by atoms with Gasteiger partial charge in [0.1, 0.15) is 0 Å². The van der Waals surface area contributed by atoms with Gasteiger partial charge in [-0.25, -0.2) is 0 Å². The van der Waals surface area contributed by atoms with Gasteiger partial charge in [0.25, 0.3) is 0 Å². The minimum absolute atomic E-state index is 0.000643. The first-order valence-corrected chi connectivity index (χ1v) is 23.0. The van der Waals surface area contributed by atoms with Crippen LogP contribution in [0.25, 0.3) is 0 Å². The maximum atomic E-state index is 13.3. The molecule has 4 aromatic carbocycles. The summed E-state index contributed by atoms with van der Waals surface area (Å²) in [5, 5.41) is 0. The second-order valence-electron chi connectivity index (χ2n) is 18.1. The fraction of sp³-hybridized carbons (Fsp3) is 0.462. The lowest BCUT2D eigenvalue weighted by molar-refractivity contribution is -0.152.